The van der Waals surface area contributed by atoms with Crippen LogP contribution in [-0.2, 0) is 6.54 Å². The van der Waals surface area contributed by atoms with Crippen LogP contribution in [0, 0.1) is 10.1 Å². The Morgan fingerprint density at radius 2 is 2.07 bits per heavy atom. The zero-order chi connectivity index (χ0) is 19.6. The first-order valence-corrected chi connectivity index (χ1v) is 9.86. The van der Waals surface area contributed by atoms with Crippen molar-refractivity contribution >= 4 is 38.9 Å². The van der Waals surface area contributed by atoms with Crippen molar-refractivity contribution in [2.45, 2.75) is 26.4 Å². The lowest BCUT2D eigenvalue weighted by molar-refractivity contribution is -0.384. The molecule has 2 aromatic carbocycles. The first-order chi connectivity index (χ1) is 12.8. The van der Waals surface area contributed by atoms with Gasteiger partial charge in [0.25, 0.3) is 5.69 Å². The number of allylic oxidation sites excluding steroid dienone is 1. The molecule has 1 aliphatic rings. The molecular formula is C20H21BrClN3O2. The highest BCUT2D eigenvalue weighted by Gasteiger charge is 2.28. The molecule has 0 aliphatic carbocycles. The molecule has 3 rings (SSSR count). The molecule has 0 fully saturated rings. The lowest BCUT2D eigenvalue weighted by Gasteiger charge is -2.29. The van der Waals surface area contributed by atoms with Crippen molar-refractivity contribution in [1.29, 1.82) is 0 Å². The van der Waals surface area contributed by atoms with Crippen LogP contribution in [-0.4, -0.2) is 22.9 Å². The van der Waals surface area contributed by atoms with Gasteiger partial charge in [-0.2, -0.15) is 0 Å². The fourth-order valence-corrected chi connectivity index (χ4v) is 3.90. The van der Waals surface area contributed by atoms with Gasteiger partial charge in [-0.25, -0.2) is 0 Å². The van der Waals surface area contributed by atoms with Crippen LogP contribution in [0.3, 0.4) is 0 Å². The van der Waals surface area contributed by atoms with Gasteiger partial charge in [0.15, 0.2) is 0 Å². The summed E-state index contributed by atoms with van der Waals surface area (Å²) in [6.45, 7) is 6.09. The van der Waals surface area contributed by atoms with Crippen LogP contribution < -0.4 is 5.32 Å². The second-order valence-corrected chi connectivity index (χ2v) is 8.23. The first-order valence-electron chi connectivity index (χ1n) is 8.68. The molecule has 1 heterocycles. The van der Waals surface area contributed by atoms with Gasteiger partial charge in [-0.15, -0.1) is 0 Å². The van der Waals surface area contributed by atoms with E-state index in [9.17, 15) is 10.1 Å². The summed E-state index contributed by atoms with van der Waals surface area (Å²) in [7, 11) is 0. The minimum atomic E-state index is -0.334. The molecule has 0 radical (unpaired) electrons. The third-order valence-corrected chi connectivity index (χ3v) is 5.35. The maximum atomic E-state index is 11.5. The molecule has 27 heavy (non-hydrogen) atoms. The van der Waals surface area contributed by atoms with Crippen molar-refractivity contribution in [2.24, 2.45) is 0 Å². The molecule has 0 saturated carbocycles. The number of anilines is 1. The Labute approximate surface area is 172 Å². The summed E-state index contributed by atoms with van der Waals surface area (Å²) in [6, 6.07) is 11.4. The Balaban J connectivity index is 2.03. The van der Waals surface area contributed by atoms with E-state index in [0.29, 0.717) is 28.3 Å². The van der Waals surface area contributed by atoms with Crippen LogP contribution in [0.25, 0.3) is 0 Å². The van der Waals surface area contributed by atoms with E-state index in [1.54, 1.807) is 6.07 Å². The summed E-state index contributed by atoms with van der Waals surface area (Å²) in [4.78, 5) is 13.5. The third kappa shape index (κ3) is 4.69. The number of nitrogens with one attached hydrogen (secondary N) is 1. The van der Waals surface area contributed by atoms with Crippen molar-refractivity contribution < 1.29 is 4.92 Å². The van der Waals surface area contributed by atoms with E-state index in [1.807, 2.05) is 30.3 Å². The summed E-state index contributed by atoms with van der Waals surface area (Å²) in [5.41, 5.74) is 3.97. The topological polar surface area (TPSA) is 58.4 Å². The van der Waals surface area contributed by atoms with E-state index in [4.69, 9.17) is 11.6 Å². The maximum Gasteiger partial charge on any atom is 0.293 e. The van der Waals surface area contributed by atoms with Crippen molar-refractivity contribution in [2.75, 3.05) is 18.4 Å². The summed E-state index contributed by atoms with van der Waals surface area (Å²) in [5, 5.41) is 15.5. The van der Waals surface area contributed by atoms with Crippen molar-refractivity contribution in [1.82, 2.24) is 4.90 Å². The number of rotatable bonds is 4. The van der Waals surface area contributed by atoms with Crippen LogP contribution in [0.5, 0.6) is 0 Å². The van der Waals surface area contributed by atoms with E-state index < -0.39 is 0 Å². The van der Waals surface area contributed by atoms with E-state index in [2.05, 4.69) is 46.1 Å². The number of hydrogen-bond donors (Lipinski definition) is 1. The van der Waals surface area contributed by atoms with E-state index in [1.165, 1.54) is 5.57 Å². The molecule has 1 N–H and O–H groups in total. The van der Waals surface area contributed by atoms with Gasteiger partial charge < -0.3 is 5.32 Å². The Morgan fingerprint density at radius 1 is 1.37 bits per heavy atom. The number of nitrogens with zero attached hydrogens (tertiary/aromatic N) is 2. The van der Waals surface area contributed by atoms with Gasteiger partial charge in [0.1, 0.15) is 5.69 Å². The number of nitro groups is 1. The van der Waals surface area contributed by atoms with E-state index in [-0.39, 0.29) is 16.7 Å². The summed E-state index contributed by atoms with van der Waals surface area (Å²) in [6.07, 6.45) is 2.18. The summed E-state index contributed by atoms with van der Waals surface area (Å²) >= 11 is 9.46. The Bertz CT molecular complexity index is 880. The quantitative estimate of drug-likeness (QED) is 0.355. The van der Waals surface area contributed by atoms with Crippen LogP contribution in [0.4, 0.5) is 11.4 Å². The zero-order valence-electron chi connectivity index (χ0n) is 15.2. The zero-order valence-corrected chi connectivity index (χ0v) is 17.5. The predicted octanol–water partition coefficient (Wildman–Crippen LogP) is 5.95. The molecule has 1 unspecified atom stereocenters. The lowest BCUT2D eigenvalue weighted by Crippen LogP contribution is -2.31. The Morgan fingerprint density at radius 3 is 2.70 bits per heavy atom. The number of hydrogen-bond acceptors (Lipinski definition) is 4. The average Bonchev–Trinajstić information content (AvgIpc) is 2.79. The molecule has 2 aromatic rings. The lowest BCUT2D eigenvalue weighted by atomic mass is 10.0. The van der Waals surface area contributed by atoms with Gasteiger partial charge in [0.2, 0.25) is 0 Å². The molecule has 0 spiro atoms. The van der Waals surface area contributed by atoms with Crippen LogP contribution in [0.2, 0.25) is 5.02 Å². The molecule has 5 nitrogen and oxygen atoms in total. The van der Waals surface area contributed by atoms with Gasteiger partial charge in [0.05, 0.1) is 11.0 Å². The third-order valence-electron chi connectivity index (χ3n) is 4.64. The fourth-order valence-electron chi connectivity index (χ4n) is 3.28. The van der Waals surface area contributed by atoms with Crippen LogP contribution in [0.15, 0.2) is 52.5 Å². The highest BCUT2D eigenvalue weighted by atomic mass is 79.9. The standard InChI is InChI=1S/C20H21BrClN3O2/c1-13(2)7-8-24-12-15-9-16(21)10-18(25(26)27)20(15)23-11-19(24)14-3-5-17(22)6-4-14/h3-7,9-10,19,23H,8,11-12H2,1-2H3. The van der Waals surface area contributed by atoms with Gasteiger partial charge in [0, 0.05) is 35.2 Å². The van der Waals surface area contributed by atoms with Crippen molar-refractivity contribution in [3.8, 4) is 0 Å². The van der Waals surface area contributed by atoms with Crippen LogP contribution in [0.1, 0.15) is 31.0 Å². The Kier molecular flexibility index (Phi) is 6.19. The number of benzene rings is 2. The van der Waals surface area contributed by atoms with Gasteiger partial charge in [-0.1, -0.05) is 51.3 Å². The summed E-state index contributed by atoms with van der Waals surface area (Å²) in [5.74, 6) is 0. The molecule has 0 saturated heterocycles. The SMILES string of the molecule is CC(C)=CCN1Cc2cc(Br)cc([N+](=O)[O-])c2NCC1c1ccc(Cl)cc1. The summed E-state index contributed by atoms with van der Waals surface area (Å²) < 4.78 is 0.710. The molecule has 7 heteroatoms. The smallest absolute Gasteiger partial charge is 0.293 e. The van der Waals surface area contributed by atoms with E-state index in [0.717, 1.165) is 17.7 Å². The second kappa shape index (κ2) is 8.42. The number of fused-ring (bicyclic) bond motifs is 1. The number of nitro benzene ring substituents is 1. The molecule has 1 atom stereocenters. The molecule has 0 bridgehead atoms. The molecule has 1 aliphatic heterocycles. The monoisotopic (exact) mass is 449 g/mol. The van der Waals surface area contributed by atoms with Crippen molar-refractivity contribution in [3.05, 3.63) is 78.8 Å². The van der Waals surface area contributed by atoms with E-state index >= 15 is 0 Å². The first kappa shape index (κ1) is 19.9. The fraction of sp³-hybridized carbons (Fsp3) is 0.300. The second-order valence-electron chi connectivity index (χ2n) is 6.88. The predicted molar refractivity (Wildman–Crippen MR) is 113 cm³/mol. The number of halogens is 2. The highest BCUT2D eigenvalue weighted by Crippen LogP contribution is 2.38. The molecular weight excluding hydrogens is 430 g/mol. The molecule has 0 amide bonds. The van der Waals surface area contributed by atoms with Gasteiger partial charge in [-0.05, 0) is 43.2 Å². The highest BCUT2D eigenvalue weighted by molar-refractivity contribution is 9.10. The minimum Gasteiger partial charge on any atom is -0.377 e. The van der Waals surface area contributed by atoms with Gasteiger partial charge >= 0.3 is 0 Å². The molecule has 142 valence electrons. The minimum absolute atomic E-state index is 0.0728. The average molecular weight is 451 g/mol. The van der Waals surface area contributed by atoms with Gasteiger partial charge in [-0.3, -0.25) is 15.0 Å². The van der Waals surface area contributed by atoms with Crippen LogP contribution >= 0.6 is 27.5 Å². The van der Waals surface area contributed by atoms with Crippen molar-refractivity contribution in [3.63, 3.8) is 0 Å². The normalized spacial score (nSPS) is 16.8. The molecule has 0 aromatic heterocycles. The Hall–Kier alpha value is -1.89. The largest absolute Gasteiger partial charge is 0.377 e. The maximum absolute atomic E-state index is 11.5.